The fourth-order valence-corrected chi connectivity index (χ4v) is 3.17. The van der Waals surface area contributed by atoms with E-state index in [0.29, 0.717) is 34.7 Å². The van der Waals surface area contributed by atoms with E-state index < -0.39 is 11.9 Å². The first kappa shape index (κ1) is 25.1. The van der Waals surface area contributed by atoms with Crippen LogP contribution >= 0.6 is 0 Å². The van der Waals surface area contributed by atoms with E-state index in [1.54, 1.807) is 30.3 Å². The molecule has 32 heavy (non-hydrogen) atoms. The SMILES string of the molecule is COc1cc(OC)cc(C(=O)N[C@@H](C(=O)NCc2ccc(CN(C)C)c(F)c2)C(C)C)c1. The van der Waals surface area contributed by atoms with E-state index in [-0.39, 0.29) is 24.2 Å². The minimum absolute atomic E-state index is 0.157. The van der Waals surface area contributed by atoms with Crippen LogP contribution in [0.3, 0.4) is 0 Å². The summed E-state index contributed by atoms with van der Waals surface area (Å²) in [4.78, 5) is 27.5. The number of benzene rings is 2. The smallest absolute Gasteiger partial charge is 0.252 e. The van der Waals surface area contributed by atoms with E-state index in [1.165, 1.54) is 20.3 Å². The summed E-state index contributed by atoms with van der Waals surface area (Å²) in [7, 11) is 6.73. The highest BCUT2D eigenvalue weighted by Crippen LogP contribution is 2.22. The Bertz CT molecular complexity index is 925. The molecule has 2 aromatic carbocycles. The maximum atomic E-state index is 14.3. The predicted molar refractivity (Wildman–Crippen MR) is 121 cm³/mol. The molecule has 0 heterocycles. The number of hydrogen-bond donors (Lipinski definition) is 2. The molecule has 0 aliphatic heterocycles. The normalized spacial score (nSPS) is 11.9. The van der Waals surface area contributed by atoms with Gasteiger partial charge in [0.15, 0.2) is 0 Å². The molecule has 0 saturated heterocycles. The van der Waals surface area contributed by atoms with Crippen LogP contribution in [0.4, 0.5) is 4.39 Å². The number of amides is 2. The lowest BCUT2D eigenvalue weighted by Gasteiger charge is -2.22. The quantitative estimate of drug-likeness (QED) is 0.588. The average molecular weight is 446 g/mol. The summed E-state index contributed by atoms with van der Waals surface area (Å²) in [6, 6.07) is 8.97. The van der Waals surface area contributed by atoms with Gasteiger partial charge in [0, 0.05) is 30.3 Å². The van der Waals surface area contributed by atoms with Crippen LogP contribution in [0.15, 0.2) is 36.4 Å². The van der Waals surface area contributed by atoms with Gasteiger partial charge in [-0.3, -0.25) is 9.59 Å². The van der Waals surface area contributed by atoms with Crippen molar-refractivity contribution in [3.05, 3.63) is 58.9 Å². The monoisotopic (exact) mass is 445 g/mol. The Kier molecular flexibility index (Phi) is 9.02. The van der Waals surface area contributed by atoms with Gasteiger partial charge in [-0.05, 0) is 43.8 Å². The van der Waals surface area contributed by atoms with E-state index in [1.807, 2.05) is 32.8 Å². The minimum Gasteiger partial charge on any atom is -0.497 e. The molecule has 2 aromatic rings. The molecule has 8 heteroatoms. The molecule has 2 rings (SSSR count). The third-order valence-corrected chi connectivity index (χ3v) is 4.92. The number of halogens is 1. The second kappa shape index (κ2) is 11.5. The number of methoxy groups -OCH3 is 2. The summed E-state index contributed by atoms with van der Waals surface area (Å²) < 4.78 is 24.7. The molecule has 0 aromatic heterocycles. The molecular weight excluding hydrogens is 413 g/mol. The van der Waals surface area contributed by atoms with Crippen LogP contribution in [0.5, 0.6) is 11.5 Å². The van der Waals surface area contributed by atoms with E-state index in [0.717, 1.165) is 0 Å². The van der Waals surface area contributed by atoms with Crippen molar-refractivity contribution in [1.29, 1.82) is 0 Å². The Labute approximate surface area is 188 Å². The largest absolute Gasteiger partial charge is 0.497 e. The fourth-order valence-electron chi connectivity index (χ4n) is 3.17. The summed E-state index contributed by atoms with van der Waals surface area (Å²) in [6.07, 6.45) is 0. The average Bonchev–Trinajstić information content (AvgIpc) is 2.76. The molecule has 0 bridgehead atoms. The second-order valence-electron chi connectivity index (χ2n) is 8.18. The van der Waals surface area contributed by atoms with Crippen molar-refractivity contribution in [2.75, 3.05) is 28.3 Å². The highest BCUT2D eigenvalue weighted by Gasteiger charge is 2.25. The molecule has 0 aliphatic rings. The lowest BCUT2D eigenvalue weighted by atomic mass is 10.0. The summed E-state index contributed by atoms with van der Waals surface area (Å²) in [5.74, 6) is -0.299. The molecule has 0 spiro atoms. The van der Waals surface area contributed by atoms with Crippen molar-refractivity contribution in [1.82, 2.24) is 15.5 Å². The van der Waals surface area contributed by atoms with Gasteiger partial charge in [0.25, 0.3) is 5.91 Å². The van der Waals surface area contributed by atoms with Gasteiger partial charge in [-0.25, -0.2) is 4.39 Å². The van der Waals surface area contributed by atoms with Crippen molar-refractivity contribution in [3.8, 4) is 11.5 Å². The van der Waals surface area contributed by atoms with Crippen LogP contribution in [-0.4, -0.2) is 51.1 Å². The van der Waals surface area contributed by atoms with Gasteiger partial charge in [-0.2, -0.15) is 0 Å². The number of carbonyl (C=O) groups excluding carboxylic acids is 2. The minimum atomic E-state index is -0.766. The van der Waals surface area contributed by atoms with Gasteiger partial charge < -0.3 is 25.0 Å². The number of nitrogens with one attached hydrogen (secondary N) is 2. The van der Waals surface area contributed by atoms with Crippen molar-refractivity contribution in [2.45, 2.75) is 33.0 Å². The maximum Gasteiger partial charge on any atom is 0.252 e. The molecule has 174 valence electrons. The lowest BCUT2D eigenvalue weighted by Crippen LogP contribution is -2.49. The summed E-state index contributed by atoms with van der Waals surface area (Å²) in [6.45, 7) is 4.33. The van der Waals surface area contributed by atoms with E-state index in [4.69, 9.17) is 9.47 Å². The first-order valence-electron chi connectivity index (χ1n) is 10.4. The summed E-state index contributed by atoms with van der Waals surface area (Å²) in [5.41, 5.74) is 1.55. The summed E-state index contributed by atoms with van der Waals surface area (Å²) in [5, 5.41) is 5.56. The van der Waals surface area contributed by atoms with Crippen LogP contribution in [0.2, 0.25) is 0 Å². The van der Waals surface area contributed by atoms with Crippen molar-refractivity contribution < 1.29 is 23.5 Å². The summed E-state index contributed by atoms with van der Waals surface area (Å²) >= 11 is 0. The van der Waals surface area contributed by atoms with Gasteiger partial charge in [-0.15, -0.1) is 0 Å². The zero-order valence-corrected chi connectivity index (χ0v) is 19.5. The predicted octanol–water partition coefficient (Wildman–Crippen LogP) is 2.98. The molecule has 0 saturated carbocycles. The van der Waals surface area contributed by atoms with Crippen molar-refractivity contribution in [2.24, 2.45) is 5.92 Å². The van der Waals surface area contributed by atoms with Gasteiger partial charge in [-0.1, -0.05) is 26.0 Å². The van der Waals surface area contributed by atoms with Crippen LogP contribution in [0.25, 0.3) is 0 Å². The molecule has 7 nitrogen and oxygen atoms in total. The van der Waals surface area contributed by atoms with Crippen LogP contribution in [0.1, 0.15) is 35.3 Å². The second-order valence-corrected chi connectivity index (χ2v) is 8.18. The highest BCUT2D eigenvalue weighted by molar-refractivity contribution is 5.98. The van der Waals surface area contributed by atoms with Crippen LogP contribution < -0.4 is 20.1 Å². The third-order valence-electron chi connectivity index (χ3n) is 4.92. The van der Waals surface area contributed by atoms with Gasteiger partial charge in [0.2, 0.25) is 5.91 Å². The van der Waals surface area contributed by atoms with Crippen LogP contribution in [-0.2, 0) is 17.9 Å². The molecule has 0 aliphatic carbocycles. The molecule has 0 radical (unpaired) electrons. The Morgan fingerprint density at radius 3 is 2.16 bits per heavy atom. The Morgan fingerprint density at radius 1 is 1.03 bits per heavy atom. The van der Waals surface area contributed by atoms with E-state index >= 15 is 0 Å². The van der Waals surface area contributed by atoms with Gasteiger partial charge in [0.05, 0.1) is 14.2 Å². The van der Waals surface area contributed by atoms with Crippen LogP contribution in [0, 0.1) is 11.7 Å². The fraction of sp³-hybridized carbons (Fsp3) is 0.417. The van der Waals surface area contributed by atoms with Gasteiger partial charge >= 0.3 is 0 Å². The standard InChI is InChI=1S/C24H32FN3O4/c1-15(2)22(27-23(29)18-10-19(31-5)12-20(11-18)32-6)24(30)26-13-16-7-8-17(14-28(3)4)21(25)9-16/h7-12,15,22H,13-14H2,1-6H3,(H,26,30)(H,27,29)/t22-/m1/s1. The first-order valence-corrected chi connectivity index (χ1v) is 10.4. The maximum absolute atomic E-state index is 14.3. The zero-order chi connectivity index (χ0) is 23.8. The zero-order valence-electron chi connectivity index (χ0n) is 19.5. The van der Waals surface area contributed by atoms with Crippen molar-refractivity contribution >= 4 is 11.8 Å². The van der Waals surface area contributed by atoms with E-state index in [9.17, 15) is 14.0 Å². The molecule has 2 amide bonds. The van der Waals surface area contributed by atoms with E-state index in [2.05, 4.69) is 10.6 Å². The molecular formula is C24H32FN3O4. The third kappa shape index (κ3) is 6.95. The topological polar surface area (TPSA) is 79.9 Å². The number of carbonyl (C=O) groups is 2. The number of hydrogen-bond acceptors (Lipinski definition) is 5. The number of ether oxygens (including phenoxy) is 2. The lowest BCUT2D eigenvalue weighted by molar-refractivity contribution is -0.124. The highest BCUT2D eigenvalue weighted by atomic mass is 19.1. The Hall–Kier alpha value is -3.13. The molecule has 0 fully saturated rings. The number of rotatable bonds is 10. The molecule has 2 N–H and O–H groups in total. The first-order chi connectivity index (χ1) is 15.1. The number of nitrogens with zero attached hydrogens (tertiary/aromatic N) is 1. The Morgan fingerprint density at radius 2 is 1.66 bits per heavy atom. The van der Waals surface area contributed by atoms with Gasteiger partial charge in [0.1, 0.15) is 23.4 Å². The molecule has 1 atom stereocenters. The Balaban J connectivity index is 2.07. The van der Waals surface area contributed by atoms with Crippen molar-refractivity contribution in [3.63, 3.8) is 0 Å². The molecule has 0 unspecified atom stereocenters.